The average molecular weight is 290 g/mol. The second kappa shape index (κ2) is 6.41. The highest BCUT2D eigenvalue weighted by atomic mass is 35.5. The molecule has 0 atom stereocenters. The molecule has 2 aromatic rings. The van der Waals surface area contributed by atoms with Gasteiger partial charge in [-0.05, 0) is 23.8 Å². The minimum Gasteiger partial charge on any atom is -0.337 e. The van der Waals surface area contributed by atoms with E-state index in [0.717, 1.165) is 5.56 Å². The van der Waals surface area contributed by atoms with Crippen LogP contribution in [0.2, 0.25) is 5.02 Å². The van der Waals surface area contributed by atoms with Crippen molar-refractivity contribution >= 4 is 23.2 Å². The molecule has 0 fully saturated rings. The molecule has 0 bridgehead atoms. The second-order valence-corrected chi connectivity index (χ2v) is 4.92. The number of nitrogens with one attached hydrogen (secondary N) is 1. The predicted octanol–water partition coefficient (Wildman–Crippen LogP) is 2.90. The van der Waals surface area contributed by atoms with Gasteiger partial charge in [-0.15, -0.1) is 0 Å². The summed E-state index contributed by atoms with van der Waals surface area (Å²) in [6.07, 6.45) is 0. The fourth-order valence-electron chi connectivity index (χ4n) is 1.95. The normalized spacial score (nSPS) is 10.2. The highest BCUT2D eigenvalue weighted by Gasteiger charge is 2.16. The Hall–Kier alpha value is -2.04. The lowest BCUT2D eigenvalue weighted by Crippen LogP contribution is -2.27. The maximum absolute atomic E-state index is 12.5. The molecule has 104 valence electrons. The molecule has 0 aliphatic carbocycles. The number of nitrogens with zero attached hydrogens (tertiary/aromatic N) is 1. The Labute approximate surface area is 123 Å². The highest BCUT2D eigenvalue weighted by molar-refractivity contribution is 6.31. The number of hydrogen-bond donors (Lipinski definition) is 2. The molecule has 0 unspecified atom stereocenters. The number of rotatable bonds is 4. The van der Waals surface area contributed by atoms with Crippen molar-refractivity contribution in [1.29, 1.82) is 0 Å². The maximum Gasteiger partial charge on any atom is 0.256 e. The van der Waals surface area contributed by atoms with E-state index >= 15 is 0 Å². The number of benzene rings is 2. The van der Waals surface area contributed by atoms with Gasteiger partial charge in [0.2, 0.25) is 0 Å². The molecular formula is C15H16ClN3O. The fourth-order valence-corrected chi connectivity index (χ4v) is 2.13. The first-order valence-electron chi connectivity index (χ1n) is 6.17. The van der Waals surface area contributed by atoms with Crippen molar-refractivity contribution in [2.75, 3.05) is 12.5 Å². The third-order valence-electron chi connectivity index (χ3n) is 2.98. The van der Waals surface area contributed by atoms with E-state index in [1.54, 1.807) is 30.1 Å². The molecule has 4 nitrogen and oxygen atoms in total. The summed E-state index contributed by atoms with van der Waals surface area (Å²) in [6, 6.07) is 14.8. The van der Waals surface area contributed by atoms with Crippen LogP contribution in [-0.2, 0) is 6.54 Å². The van der Waals surface area contributed by atoms with E-state index < -0.39 is 0 Å². The first kappa shape index (κ1) is 14.4. The molecule has 0 aliphatic heterocycles. The van der Waals surface area contributed by atoms with Gasteiger partial charge >= 0.3 is 0 Å². The van der Waals surface area contributed by atoms with Gasteiger partial charge in [-0.3, -0.25) is 10.6 Å². The highest BCUT2D eigenvalue weighted by Crippen LogP contribution is 2.21. The van der Waals surface area contributed by atoms with E-state index in [1.165, 1.54) is 0 Å². The predicted molar refractivity (Wildman–Crippen MR) is 81.5 cm³/mol. The van der Waals surface area contributed by atoms with Crippen LogP contribution in [0.5, 0.6) is 0 Å². The van der Waals surface area contributed by atoms with Gasteiger partial charge < -0.3 is 10.3 Å². The molecule has 0 aliphatic rings. The third-order valence-corrected chi connectivity index (χ3v) is 3.21. The number of nitrogens with two attached hydrogens (primary N) is 1. The van der Waals surface area contributed by atoms with Crippen LogP contribution in [0.1, 0.15) is 15.9 Å². The van der Waals surface area contributed by atoms with Crippen molar-refractivity contribution in [1.82, 2.24) is 4.90 Å². The van der Waals surface area contributed by atoms with Gasteiger partial charge in [0.25, 0.3) is 5.91 Å². The molecule has 3 N–H and O–H groups in total. The molecule has 0 aromatic heterocycles. The van der Waals surface area contributed by atoms with Crippen LogP contribution >= 0.6 is 11.6 Å². The minimum atomic E-state index is -0.135. The van der Waals surface area contributed by atoms with Gasteiger partial charge in [-0.25, -0.2) is 0 Å². The van der Waals surface area contributed by atoms with Crippen LogP contribution in [0.3, 0.4) is 0 Å². The van der Waals surface area contributed by atoms with Gasteiger partial charge in [0.05, 0.1) is 11.3 Å². The van der Waals surface area contributed by atoms with E-state index in [0.29, 0.717) is 22.8 Å². The number of hydrogen-bond acceptors (Lipinski definition) is 3. The molecule has 0 saturated carbocycles. The number of nitrogen functional groups attached to an aromatic ring is 1. The first-order chi connectivity index (χ1) is 9.61. The van der Waals surface area contributed by atoms with Crippen LogP contribution in [0.4, 0.5) is 5.69 Å². The van der Waals surface area contributed by atoms with Crippen molar-refractivity contribution in [3.63, 3.8) is 0 Å². The van der Waals surface area contributed by atoms with Crippen molar-refractivity contribution in [2.45, 2.75) is 6.54 Å². The van der Waals surface area contributed by atoms with Crippen LogP contribution in [0.15, 0.2) is 48.5 Å². The van der Waals surface area contributed by atoms with Gasteiger partial charge in [0.1, 0.15) is 0 Å². The lowest BCUT2D eigenvalue weighted by atomic mass is 10.1. The average Bonchev–Trinajstić information content (AvgIpc) is 2.47. The monoisotopic (exact) mass is 289 g/mol. The number of halogens is 1. The Balaban J connectivity index is 2.20. The summed E-state index contributed by atoms with van der Waals surface area (Å²) in [7, 11) is 1.75. The summed E-state index contributed by atoms with van der Waals surface area (Å²) in [5.41, 5.74) is 4.59. The SMILES string of the molecule is CN(Cc1ccccc1)C(=O)c1cc(Cl)ccc1NN. The van der Waals surface area contributed by atoms with Gasteiger partial charge in [0, 0.05) is 18.6 Å². The summed E-state index contributed by atoms with van der Waals surface area (Å²) in [5.74, 6) is 5.29. The fraction of sp³-hybridized carbons (Fsp3) is 0.133. The number of amides is 1. The number of carbonyl (C=O) groups is 1. The molecule has 20 heavy (non-hydrogen) atoms. The minimum absolute atomic E-state index is 0.135. The number of anilines is 1. The Kier molecular flexibility index (Phi) is 4.61. The van der Waals surface area contributed by atoms with Gasteiger partial charge in [-0.2, -0.15) is 0 Å². The summed E-state index contributed by atoms with van der Waals surface area (Å²) in [5, 5.41) is 0.500. The second-order valence-electron chi connectivity index (χ2n) is 4.48. The summed E-state index contributed by atoms with van der Waals surface area (Å²) < 4.78 is 0. The molecule has 0 radical (unpaired) electrons. The number of carbonyl (C=O) groups excluding carboxylic acids is 1. The van der Waals surface area contributed by atoms with E-state index in [1.807, 2.05) is 30.3 Å². The van der Waals surface area contributed by atoms with Crippen LogP contribution in [0, 0.1) is 0 Å². The van der Waals surface area contributed by atoms with E-state index in [-0.39, 0.29) is 5.91 Å². The zero-order chi connectivity index (χ0) is 14.5. The Morgan fingerprint density at radius 3 is 2.60 bits per heavy atom. The molecule has 0 saturated heterocycles. The van der Waals surface area contributed by atoms with Crippen LogP contribution in [-0.4, -0.2) is 17.9 Å². The first-order valence-corrected chi connectivity index (χ1v) is 6.55. The van der Waals surface area contributed by atoms with Crippen molar-refractivity contribution in [3.05, 3.63) is 64.7 Å². The standard InChI is InChI=1S/C15H16ClN3O/c1-19(10-11-5-3-2-4-6-11)15(20)13-9-12(16)7-8-14(13)18-17/h2-9,18H,10,17H2,1H3. The van der Waals surface area contributed by atoms with Crippen molar-refractivity contribution < 1.29 is 4.79 Å². The molecule has 0 heterocycles. The Bertz CT molecular complexity index is 601. The topological polar surface area (TPSA) is 58.4 Å². The van der Waals surface area contributed by atoms with Crippen LogP contribution < -0.4 is 11.3 Å². The molecule has 5 heteroatoms. The number of hydrazine groups is 1. The molecular weight excluding hydrogens is 274 g/mol. The Morgan fingerprint density at radius 2 is 1.95 bits per heavy atom. The summed E-state index contributed by atoms with van der Waals surface area (Å²) in [4.78, 5) is 14.1. The van der Waals surface area contributed by atoms with Crippen molar-refractivity contribution in [2.24, 2.45) is 5.84 Å². The molecule has 2 rings (SSSR count). The zero-order valence-electron chi connectivity index (χ0n) is 11.1. The van der Waals surface area contributed by atoms with E-state index in [4.69, 9.17) is 17.4 Å². The quantitative estimate of drug-likeness (QED) is 0.672. The lowest BCUT2D eigenvalue weighted by Gasteiger charge is -2.19. The third kappa shape index (κ3) is 3.29. The lowest BCUT2D eigenvalue weighted by molar-refractivity contribution is 0.0786. The Morgan fingerprint density at radius 1 is 1.25 bits per heavy atom. The largest absolute Gasteiger partial charge is 0.337 e. The maximum atomic E-state index is 12.5. The zero-order valence-corrected chi connectivity index (χ0v) is 11.9. The van der Waals surface area contributed by atoms with Crippen molar-refractivity contribution in [3.8, 4) is 0 Å². The van der Waals surface area contributed by atoms with E-state index in [2.05, 4.69) is 5.43 Å². The smallest absolute Gasteiger partial charge is 0.256 e. The van der Waals surface area contributed by atoms with Gasteiger partial charge in [-0.1, -0.05) is 41.9 Å². The summed E-state index contributed by atoms with van der Waals surface area (Å²) >= 11 is 5.94. The summed E-state index contributed by atoms with van der Waals surface area (Å²) in [6.45, 7) is 0.524. The van der Waals surface area contributed by atoms with Gasteiger partial charge in [0.15, 0.2) is 0 Å². The molecule has 2 aromatic carbocycles. The molecule has 1 amide bonds. The van der Waals surface area contributed by atoms with Crippen LogP contribution in [0.25, 0.3) is 0 Å². The molecule has 0 spiro atoms. The van der Waals surface area contributed by atoms with E-state index in [9.17, 15) is 4.79 Å².